The second kappa shape index (κ2) is 8.81. The number of esters is 1. The Labute approximate surface area is 113 Å². The van der Waals surface area contributed by atoms with E-state index in [1.165, 1.54) is 0 Å². The first-order valence-electron chi connectivity index (χ1n) is 6.24. The van der Waals surface area contributed by atoms with Crippen molar-refractivity contribution in [3.8, 4) is 5.75 Å². The van der Waals surface area contributed by atoms with Crippen LogP contribution in [-0.2, 0) is 4.74 Å². The summed E-state index contributed by atoms with van der Waals surface area (Å²) in [5, 5.41) is 0. The molecule has 1 aromatic carbocycles. The maximum atomic E-state index is 11.7. The van der Waals surface area contributed by atoms with Crippen molar-refractivity contribution in [1.82, 2.24) is 0 Å². The van der Waals surface area contributed by atoms with E-state index in [0.29, 0.717) is 30.4 Å². The monoisotopic (exact) mass is 270 g/mol. The van der Waals surface area contributed by atoms with Gasteiger partial charge in [0.15, 0.2) is 0 Å². The molecule has 1 rings (SSSR count). The summed E-state index contributed by atoms with van der Waals surface area (Å²) in [7, 11) is 0. The second-order valence-electron chi connectivity index (χ2n) is 3.81. The minimum Gasteiger partial charge on any atom is -0.493 e. The van der Waals surface area contributed by atoms with Crippen molar-refractivity contribution >= 4 is 17.6 Å². The van der Waals surface area contributed by atoms with E-state index in [4.69, 9.17) is 21.1 Å². The Morgan fingerprint density at radius 1 is 1.22 bits per heavy atom. The van der Waals surface area contributed by atoms with Gasteiger partial charge >= 0.3 is 5.97 Å². The molecule has 0 unspecified atom stereocenters. The van der Waals surface area contributed by atoms with Gasteiger partial charge in [0.05, 0.1) is 13.2 Å². The maximum absolute atomic E-state index is 11.7. The number of rotatable bonds is 8. The average molecular weight is 271 g/mol. The molecule has 0 amide bonds. The van der Waals surface area contributed by atoms with Crippen molar-refractivity contribution in [3.63, 3.8) is 0 Å². The average Bonchev–Trinajstić information content (AvgIpc) is 2.39. The van der Waals surface area contributed by atoms with Gasteiger partial charge in [-0.25, -0.2) is 4.79 Å². The van der Waals surface area contributed by atoms with E-state index in [0.717, 1.165) is 19.3 Å². The molecule has 18 heavy (non-hydrogen) atoms. The number of carbonyl (C=O) groups is 1. The molecular formula is C14H19ClO3. The van der Waals surface area contributed by atoms with Crippen LogP contribution in [0.3, 0.4) is 0 Å². The molecule has 0 N–H and O–H groups in total. The fourth-order valence-corrected chi connectivity index (χ4v) is 1.71. The number of benzene rings is 1. The Balaban J connectivity index is 2.51. The first-order chi connectivity index (χ1) is 8.79. The normalized spacial score (nSPS) is 10.1. The summed E-state index contributed by atoms with van der Waals surface area (Å²) in [5.41, 5.74) is 0.483. The van der Waals surface area contributed by atoms with Crippen LogP contribution >= 0.6 is 11.6 Å². The summed E-state index contributed by atoms with van der Waals surface area (Å²) in [4.78, 5) is 11.7. The Morgan fingerprint density at radius 2 is 2.00 bits per heavy atom. The summed E-state index contributed by atoms with van der Waals surface area (Å²) in [6, 6.07) is 7.14. The van der Waals surface area contributed by atoms with Crippen LogP contribution in [0.2, 0.25) is 0 Å². The van der Waals surface area contributed by atoms with Gasteiger partial charge in [-0.1, -0.05) is 12.1 Å². The smallest absolute Gasteiger partial charge is 0.341 e. The molecule has 0 aromatic heterocycles. The van der Waals surface area contributed by atoms with Gasteiger partial charge in [-0.15, -0.1) is 11.6 Å². The number of hydrogen-bond donors (Lipinski definition) is 0. The van der Waals surface area contributed by atoms with Gasteiger partial charge < -0.3 is 9.47 Å². The largest absolute Gasteiger partial charge is 0.493 e. The molecule has 100 valence electrons. The quantitative estimate of drug-likeness (QED) is 0.411. The fourth-order valence-electron chi connectivity index (χ4n) is 1.53. The molecular weight excluding hydrogens is 252 g/mol. The molecule has 0 aliphatic carbocycles. The van der Waals surface area contributed by atoms with Crippen molar-refractivity contribution in [3.05, 3.63) is 29.8 Å². The topological polar surface area (TPSA) is 35.5 Å². The lowest BCUT2D eigenvalue weighted by atomic mass is 10.2. The third kappa shape index (κ3) is 4.96. The van der Waals surface area contributed by atoms with Crippen LogP contribution in [0.5, 0.6) is 5.75 Å². The molecule has 0 saturated heterocycles. The minimum atomic E-state index is -0.339. The summed E-state index contributed by atoms with van der Waals surface area (Å²) in [5.74, 6) is 0.926. The van der Waals surface area contributed by atoms with E-state index in [-0.39, 0.29) is 5.97 Å². The molecule has 0 atom stereocenters. The first-order valence-corrected chi connectivity index (χ1v) is 6.78. The number of para-hydroxylation sites is 1. The lowest BCUT2D eigenvalue weighted by Gasteiger charge is -2.10. The third-order valence-electron chi connectivity index (χ3n) is 2.42. The number of alkyl halides is 1. The standard InChI is InChI=1S/C14H19ClO3/c1-2-17-14(16)12-8-4-5-9-13(12)18-11-7-3-6-10-15/h4-5,8-9H,2-3,6-7,10-11H2,1H3. The third-order valence-corrected chi connectivity index (χ3v) is 2.69. The van der Waals surface area contributed by atoms with E-state index < -0.39 is 0 Å². The highest BCUT2D eigenvalue weighted by molar-refractivity contribution is 6.17. The molecule has 0 spiro atoms. The molecule has 1 aromatic rings. The van der Waals surface area contributed by atoms with E-state index in [1.807, 2.05) is 6.07 Å². The van der Waals surface area contributed by atoms with Crippen molar-refractivity contribution in [2.24, 2.45) is 0 Å². The Bertz CT molecular complexity index is 366. The van der Waals surface area contributed by atoms with E-state index in [1.54, 1.807) is 25.1 Å². The molecule has 3 nitrogen and oxygen atoms in total. The first kappa shape index (κ1) is 14.8. The van der Waals surface area contributed by atoms with Crippen molar-refractivity contribution in [1.29, 1.82) is 0 Å². The van der Waals surface area contributed by atoms with Gasteiger partial charge in [-0.2, -0.15) is 0 Å². The van der Waals surface area contributed by atoms with Crippen LogP contribution in [0.1, 0.15) is 36.5 Å². The van der Waals surface area contributed by atoms with E-state index in [2.05, 4.69) is 0 Å². The predicted molar refractivity (Wildman–Crippen MR) is 72.5 cm³/mol. The molecule has 0 aliphatic rings. The zero-order valence-electron chi connectivity index (χ0n) is 10.7. The molecule has 0 bridgehead atoms. The maximum Gasteiger partial charge on any atom is 0.341 e. The Morgan fingerprint density at radius 3 is 2.72 bits per heavy atom. The number of ether oxygens (including phenoxy) is 2. The highest BCUT2D eigenvalue weighted by Crippen LogP contribution is 2.19. The lowest BCUT2D eigenvalue weighted by Crippen LogP contribution is -2.08. The zero-order chi connectivity index (χ0) is 13.2. The fraction of sp³-hybridized carbons (Fsp3) is 0.500. The summed E-state index contributed by atoms with van der Waals surface area (Å²) in [6.45, 7) is 2.74. The van der Waals surface area contributed by atoms with E-state index in [9.17, 15) is 4.79 Å². The van der Waals surface area contributed by atoms with Crippen molar-refractivity contribution < 1.29 is 14.3 Å². The molecule has 0 radical (unpaired) electrons. The van der Waals surface area contributed by atoms with E-state index >= 15 is 0 Å². The van der Waals surface area contributed by atoms with Crippen LogP contribution < -0.4 is 4.74 Å². The van der Waals surface area contributed by atoms with Crippen molar-refractivity contribution in [2.75, 3.05) is 19.1 Å². The summed E-state index contributed by atoms with van der Waals surface area (Å²) >= 11 is 5.60. The van der Waals surface area contributed by atoms with Crippen LogP contribution in [0.4, 0.5) is 0 Å². The molecule has 4 heteroatoms. The second-order valence-corrected chi connectivity index (χ2v) is 4.19. The highest BCUT2D eigenvalue weighted by Gasteiger charge is 2.12. The zero-order valence-corrected chi connectivity index (χ0v) is 11.4. The number of unbranched alkanes of at least 4 members (excludes halogenated alkanes) is 2. The van der Waals surface area contributed by atoms with Crippen molar-refractivity contribution in [2.45, 2.75) is 26.2 Å². The van der Waals surface area contributed by atoms with Gasteiger partial charge in [0, 0.05) is 5.88 Å². The summed E-state index contributed by atoms with van der Waals surface area (Å²) < 4.78 is 10.6. The number of halogens is 1. The lowest BCUT2D eigenvalue weighted by molar-refractivity contribution is 0.0521. The predicted octanol–water partition coefficient (Wildman–Crippen LogP) is 3.65. The van der Waals surface area contributed by atoms with Crippen LogP contribution in [0, 0.1) is 0 Å². The highest BCUT2D eigenvalue weighted by atomic mass is 35.5. The van der Waals surface area contributed by atoms with Gasteiger partial charge in [0.1, 0.15) is 11.3 Å². The summed E-state index contributed by atoms with van der Waals surface area (Å²) in [6.07, 6.45) is 2.96. The molecule has 0 fully saturated rings. The van der Waals surface area contributed by atoms with Gasteiger partial charge in [0.2, 0.25) is 0 Å². The molecule has 0 aliphatic heterocycles. The molecule has 0 saturated carbocycles. The van der Waals surface area contributed by atoms with Gasteiger partial charge in [0.25, 0.3) is 0 Å². The number of hydrogen-bond acceptors (Lipinski definition) is 3. The number of carbonyl (C=O) groups excluding carboxylic acids is 1. The van der Waals surface area contributed by atoms with Gasteiger partial charge in [-0.05, 0) is 38.3 Å². The molecule has 0 heterocycles. The van der Waals surface area contributed by atoms with Crippen LogP contribution in [0.15, 0.2) is 24.3 Å². The van der Waals surface area contributed by atoms with Crippen LogP contribution in [0.25, 0.3) is 0 Å². The minimum absolute atomic E-state index is 0.339. The van der Waals surface area contributed by atoms with Crippen LogP contribution in [-0.4, -0.2) is 25.1 Å². The Hall–Kier alpha value is -1.22. The Kier molecular flexibility index (Phi) is 7.26. The SMILES string of the molecule is CCOC(=O)c1ccccc1OCCCCCCl. The van der Waals surface area contributed by atoms with Gasteiger partial charge in [-0.3, -0.25) is 0 Å².